The van der Waals surface area contributed by atoms with Crippen LogP contribution >= 0.6 is 22.9 Å². The molecular weight excluding hydrogens is 408 g/mol. The Morgan fingerprint density at radius 2 is 1.97 bits per heavy atom. The number of fused-ring (bicyclic) bond motifs is 1. The third-order valence-electron chi connectivity index (χ3n) is 5.32. The van der Waals surface area contributed by atoms with Gasteiger partial charge in [0.1, 0.15) is 0 Å². The molecule has 0 radical (unpaired) electrons. The average molecular weight is 427 g/mol. The van der Waals surface area contributed by atoms with E-state index >= 15 is 0 Å². The second-order valence-electron chi connectivity index (χ2n) is 7.38. The maximum Gasteiger partial charge on any atom is 0.175 e. The van der Waals surface area contributed by atoms with Crippen LogP contribution in [-0.2, 0) is 21.3 Å². The lowest BCUT2D eigenvalue weighted by Gasteiger charge is -2.45. The maximum absolute atomic E-state index is 6.04. The first-order chi connectivity index (χ1) is 14.0. The number of thiazole rings is 1. The van der Waals surface area contributed by atoms with Crippen LogP contribution in [0.15, 0.2) is 53.6 Å². The molecule has 0 N–H and O–H groups in total. The van der Waals surface area contributed by atoms with E-state index in [1.54, 1.807) is 11.3 Å². The molecule has 1 aliphatic rings. The first kappa shape index (κ1) is 18.7. The van der Waals surface area contributed by atoms with Crippen molar-refractivity contribution in [1.82, 2.24) is 19.6 Å². The summed E-state index contributed by atoms with van der Waals surface area (Å²) in [6.45, 7) is 4.02. The predicted octanol–water partition coefficient (Wildman–Crippen LogP) is 4.73. The number of hydrogen-bond acceptors (Lipinski definition) is 6. The van der Waals surface area contributed by atoms with E-state index in [0.717, 1.165) is 28.2 Å². The minimum Gasteiger partial charge on any atom is -0.323 e. The smallest absolute Gasteiger partial charge is 0.175 e. The van der Waals surface area contributed by atoms with Crippen LogP contribution in [0, 0.1) is 0 Å². The Kier molecular flexibility index (Phi) is 4.63. The van der Waals surface area contributed by atoms with Crippen molar-refractivity contribution in [2.45, 2.75) is 38.3 Å². The van der Waals surface area contributed by atoms with Crippen LogP contribution in [0.2, 0.25) is 5.02 Å². The summed E-state index contributed by atoms with van der Waals surface area (Å²) in [6.07, 6.45) is 3.72. The number of ether oxygens (including phenoxy) is 2. The second kappa shape index (κ2) is 7.18. The molecule has 8 heteroatoms. The molecular formula is C21H19ClN4O2S. The Bertz CT molecular complexity index is 1140. The van der Waals surface area contributed by atoms with Gasteiger partial charge in [-0.1, -0.05) is 23.7 Å². The van der Waals surface area contributed by atoms with Crippen molar-refractivity contribution in [3.05, 3.63) is 70.0 Å². The average Bonchev–Trinajstić information content (AvgIpc) is 3.35. The zero-order valence-corrected chi connectivity index (χ0v) is 17.5. The molecule has 1 aromatic carbocycles. The zero-order chi connectivity index (χ0) is 20.0. The highest BCUT2D eigenvalue weighted by Crippen LogP contribution is 2.40. The van der Waals surface area contributed by atoms with Crippen LogP contribution < -0.4 is 0 Å². The van der Waals surface area contributed by atoms with Gasteiger partial charge in [-0.3, -0.25) is 0 Å². The van der Waals surface area contributed by atoms with Crippen LogP contribution in [0.3, 0.4) is 0 Å². The van der Waals surface area contributed by atoms with E-state index in [2.05, 4.69) is 27.4 Å². The Labute approximate surface area is 177 Å². The normalized spacial score (nSPS) is 21.1. The van der Waals surface area contributed by atoms with Crippen molar-refractivity contribution in [2.75, 3.05) is 0 Å². The van der Waals surface area contributed by atoms with Gasteiger partial charge in [-0.05, 0) is 37.6 Å². The Balaban J connectivity index is 1.63. The third kappa shape index (κ3) is 3.24. The van der Waals surface area contributed by atoms with E-state index in [9.17, 15) is 0 Å². The van der Waals surface area contributed by atoms with Crippen LogP contribution in [-0.4, -0.2) is 32.2 Å². The number of halogens is 1. The molecule has 1 saturated heterocycles. The molecule has 0 aliphatic carbocycles. The van der Waals surface area contributed by atoms with Gasteiger partial charge in [-0.15, -0.1) is 11.3 Å². The molecule has 5 rings (SSSR count). The van der Waals surface area contributed by atoms with Crippen LogP contribution in [0.25, 0.3) is 16.8 Å². The van der Waals surface area contributed by atoms with Crippen LogP contribution in [0.5, 0.6) is 0 Å². The van der Waals surface area contributed by atoms with E-state index < -0.39 is 5.41 Å². The van der Waals surface area contributed by atoms with Crippen molar-refractivity contribution >= 4 is 28.6 Å². The predicted molar refractivity (Wildman–Crippen MR) is 112 cm³/mol. The first-order valence-electron chi connectivity index (χ1n) is 9.32. The van der Waals surface area contributed by atoms with Crippen LogP contribution in [0.1, 0.15) is 25.2 Å². The van der Waals surface area contributed by atoms with Crippen LogP contribution in [0.4, 0.5) is 0 Å². The van der Waals surface area contributed by atoms with Crippen molar-refractivity contribution in [1.29, 1.82) is 0 Å². The van der Waals surface area contributed by atoms with Crippen molar-refractivity contribution in [2.24, 2.45) is 0 Å². The molecule has 4 aromatic rings. The number of aromatic nitrogens is 4. The monoisotopic (exact) mass is 426 g/mol. The molecule has 6 nitrogen and oxygen atoms in total. The minimum atomic E-state index is -0.481. The van der Waals surface area contributed by atoms with E-state index in [1.807, 2.05) is 59.7 Å². The Hall–Kier alpha value is -2.32. The lowest BCUT2D eigenvalue weighted by atomic mass is 9.80. The topological polar surface area (TPSA) is 61.5 Å². The van der Waals surface area contributed by atoms with Gasteiger partial charge in [0.25, 0.3) is 0 Å². The third-order valence-corrected chi connectivity index (χ3v) is 6.21. The largest absolute Gasteiger partial charge is 0.323 e. The number of rotatable bonds is 5. The fraction of sp³-hybridized carbons (Fsp3) is 0.286. The Morgan fingerprint density at radius 3 is 2.66 bits per heavy atom. The molecule has 3 aromatic heterocycles. The summed E-state index contributed by atoms with van der Waals surface area (Å²) < 4.78 is 13.8. The lowest BCUT2D eigenvalue weighted by molar-refractivity contribution is -0.396. The van der Waals surface area contributed by atoms with E-state index in [4.69, 9.17) is 21.1 Å². The molecule has 1 fully saturated rings. The van der Waals surface area contributed by atoms with Gasteiger partial charge in [0.15, 0.2) is 18.2 Å². The fourth-order valence-corrected chi connectivity index (χ4v) is 4.50. The molecule has 29 heavy (non-hydrogen) atoms. The van der Waals surface area contributed by atoms with Gasteiger partial charge in [0.05, 0.1) is 28.5 Å². The van der Waals surface area contributed by atoms with Gasteiger partial charge in [-0.25, -0.2) is 14.5 Å². The van der Waals surface area contributed by atoms with Crippen molar-refractivity contribution in [3.63, 3.8) is 0 Å². The summed E-state index contributed by atoms with van der Waals surface area (Å²) in [5, 5.41) is 7.42. The summed E-state index contributed by atoms with van der Waals surface area (Å²) in [4.78, 5) is 9.08. The summed E-state index contributed by atoms with van der Waals surface area (Å²) in [5.74, 6) is 0. The van der Waals surface area contributed by atoms with Gasteiger partial charge >= 0.3 is 0 Å². The SMILES string of the molecule is CC1OC(C(C)(Cc2cscn2)c2ccnc3c(-c4ccc(Cl)cc4)cnn23)O1. The fourth-order valence-electron chi connectivity index (χ4n) is 3.81. The molecule has 1 unspecified atom stereocenters. The van der Waals surface area contributed by atoms with Gasteiger partial charge < -0.3 is 9.47 Å². The van der Waals surface area contributed by atoms with E-state index in [-0.39, 0.29) is 12.6 Å². The number of hydrogen-bond donors (Lipinski definition) is 0. The minimum absolute atomic E-state index is 0.214. The lowest BCUT2D eigenvalue weighted by Crippen LogP contribution is -2.53. The molecule has 0 saturated carbocycles. The van der Waals surface area contributed by atoms with Gasteiger partial charge in [0.2, 0.25) is 0 Å². The highest BCUT2D eigenvalue weighted by molar-refractivity contribution is 7.07. The van der Waals surface area contributed by atoms with Crippen molar-refractivity contribution < 1.29 is 9.47 Å². The molecule has 1 atom stereocenters. The molecule has 0 spiro atoms. The van der Waals surface area contributed by atoms with E-state index in [1.165, 1.54) is 0 Å². The molecule has 0 bridgehead atoms. The highest BCUT2D eigenvalue weighted by Gasteiger charge is 2.47. The summed E-state index contributed by atoms with van der Waals surface area (Å²) in [7, 11) is 0. The van der Waals surface area contributed by atoms with Crippen molar-refractivity contribution in [3.8, 4) is 11.1 Å². The maximum atomic E-state index is 6.04. The zero-order valence-electron chi connectivity index (χ0n) is 15.9. The molecule has 0 amide bonds. The quantitative estimate of drug-likeness (QED) is 0.462. The summed E-state index contributed by atoms with van der Waals surface area (Å²) in [5.41, 5.74) is 6.07. The highest BCUT2D eigenvalue weighted by atomic mass is 35.5. The second-order valence-corrected chi connectivity index (χ2v) is 8.53. The Morgan fingerprint density at radius 1 is 1.17 bits per heavy atom. The van der Waals surface area contributed by atoms with E-state index in [0.29, 0.717) is 11.4 Å². The van der Waals surface area contributed by atoms with Gasteiger partial charge in [-0.2, -0.15) is 5.10 Å². The molecule has 1 aliphatic heterocycles. The standard InChI is InChI=1S/C21H19ClN4O2S/c1-13-27-20(28-13)21(2,9-16-11-29-12-24-16)18-7-8-23-19-17(10-25-26(18)19)14-3-5-15(22)6-4-14/h3-8,10-13,20H,9H2,1-2H3. The van der Waals surface area contributed by atoms with Gasteiger partial charge in [0, 0.05) is 28.6 Å². The molecule has 4 heterocycles. The number of nitrogens with zero attached hydrogens (tertiary/aromatic N) is 4. The first-order valence-corrected chi connectivity index (χ1v) is 10.6. The molecule has 148 valence electrons. The summed E-state index contributed by atoms with van der Waals surface area (Å²) in [6, 6.07) is 9.67. The number of benzene rings is 1. The summed E-state index contributed by atoms with van der Waals surface area (Å²) >= 11 is 7.62.